The van der Waals surface area contributed by atoms with E-state index in [1.165, 1.54) is 6.07 Å². The van der Waals surface area contributed by atoms with Gasteiger partial charge in [0, 0.05) is 10.5 Å². The van der Waals surface area contributed by atoms with Crippen LogP contribution >= 0.6 is 15.9 Å². The minimum atomic E-state index is -0.876. The minimum absolute atomic E-state index is 0.146. The van der Waals surface area contributed by atoms with Crippen LogP contribution in [0.1, 0.15) is 10.4 Å². The fourth-order valence-corrected chi connectivity index (χ4v) is 1.41. The van der Waals surface area contributed by atoms with Crippen LogP contribution in [-0.2, 0) is 0 Å². The Morgan fingerprint density at radius 2 is 2.17 bits per heavy atom. The monoisotopic (exact) mass is 233 g/mol. The third-order valence-electron chi connectivity index (χ3n) is 1.27. The highest BCUT2D eigenvalue weighted by Gasteiger charge is 2.13. The van der Waals surface area contributed by atoms with Crippen molar-refractivity contribution in [3.63, 3.8) is 0 Å². The molecule has 3 N–H and O–H groups in total. The Labute approximate surface area is 76.1 Å². The zero-order chi connectivity index (χ0) is 9.30. The van der Waals surface area contributed by atoms with Gasteiger partial charge in [-0.3, -0.25) is 4.79 Å². The van der Waals surface area contributed by atoms with Crippen molar-refractivity contribution in [1.82, 2.24) is 0 Å². The molecule has 0 unspecified atom stereocenters. The predicted molar refractivity (Wildman–Crippen MR) is 44.3 cm³/mol. The van der Waals surface area contributed by atoms with Crippen LogP contribution in [0.4, 0.5) is 4.39 Å². The highest BCUT2D eigenvalue weighted by atomic mass is 79.9. The molecule has 0 heterocycles. The molecular weight excluding hydrogens is 229 g/mol. The maximum atomic E-state index is 12.9. The second-order valence-electron chi connectivity index (χ2n) is 2.15. The molecule has 0 aliphatic rings. The van der Waals surface area contributed by atoms with Crippen LogP contribution in [0.3, 0.4) is 0 Å². The summed E-state index contributed by atoms with van der Waals surface area (Å²) in [5, 5.41) is 8.88. The van der Waals surface area contributed by atoms with Crippen LogP contribution in [0.2, 0.25) is 0 Å². The number of hydrogen-bond donors (Lipinski definition) is 2. The van der Waals surface area contributed by atoms with Gasteiger partial charge in [-0.25, -0.2) is 4.39 Å². The van der Waals surface area contributed by atoms with Crippen LogP contribution in [0.5, 0.6) is 5.75 Å². The van der Waals surface area contributed by atoms with E-state index in [1.54, 1.807) is 0 Å². The number of phenols is 1. The summed E-state index contributed by atoms with van der Waals surface area (Å²) >= 11 is 2.90. The standard InChI is InChI=1S/C7H5BrFNO2/c8-4-1-3(11)2-5(9)6(4)7(10)12/h1-2,11H,(H2,10,12). The van der Waals surface area contributed by atoms with Crippen molar-refractivity contribution in [2.75, 3.05) is 0 Å². The van der Waals surface area contributed by atoms with Crippen molar-refractivity contribution >= 4 is 21.8 Å². The summed E-state index contributed by atoms with van der Waals surface area (Å²) < 4.78 is 13.0. The molecule has 0 spiro atoms. The Kier molecular flexibility index (Phi) is 2.32. The van der Waals surface area contributed by atoms with Gasteiger partial charge in [0.25, 0.3) is 5.91 Å². The number of hydrogen-bond acceptors (Lipinski definition) is 2. The van der Waals surface area contributed by atoms with Crippen LogP contribution in [0.25, 0.3) is 0 Å². The number of halogens is 2. The van der Waals surface area contributed by atoms with E-state index in [9.17, 15) is 9.18 Å². The predicted octanol–water partition coefficient (Wildman–Crippen LogP) is 1.39. The van der Waals surface area contributed by atoms with E-state index in [2.05, 4.69) is 15.9 Å². The Balaban J connectivity index is 3.38. The summed E-state index contributed by atoms with van der Waals surface area (Å²) in [6, 6.07) is 2.02. The lowest BCUT2D eigenvalue weighted by Gasteiger charge is -2.01. The quantitative estimate of drug-likeness (QED) is 0.771. The number of aromatic hydroxyl groups is 1. The van der Waals surface area contributed by atoms with Gasteiger partial charge in [0.15, 0.2) is 0 Å². The molecule has 0 aromatic heterocycles. The molecule has 0 atom stereocenters. The molecule has 1 aromatic carbocycles. The van der Waals surface area contributed by atoms with E-state index < -0.39 is 11.7 Å². The fourth-order valence-electron chi connectivity index (χ4n) is 0.795. The van der Waals surface area contributed by atoms with Gasteiger partial charge in [-0.1, -0.05) is 0 Å². The van der Waals surface area contributed by atoms with Gasteiger partial charge < -0.3 is 10.8 Å². The first-order chi connectivity index (χ1) is 5.52. The second kappa shape index (κ2) is 3.10. The largest absolute Gasteiger partial charge is 0.508 e. The van der Waals surface area contributed by atoms with Crippen LogP contribution < -0.4 is 5.73 Å². The lowest BCUT2D eigenvalue weighted by Crippen LogP contribution is -2.13. The van der Waals surface area contributed by atoms with E-state index in [0.29, 0.717) is 0 Å². The maximum Gasteiger partial charge on any atom is 0.252 e. The summed E-state index contributed by atoms with van der Waals surface area (Å²) in [4.78, 5) is 10.6. The van der Waals surface area contributed by atoms with Gasteiger partial charge in [0.1, 0.15) is 11.6 Å². The van der Waals surface area contributed by atoms with Gasteiger partial charge in [0.05, 0.1) is 5.56 Å². The first-order valence-corrected chi connectivity index (χ1v) is 3.79. The molecule has 0 saturated carbocycles. The van der Waals surface area contributed by atoms with Gasteiger partial charge in [-0.2, -0.15) is 0 Å². The third kappa shape index (κ3) is 1.55. The molecule has 3 nitrogen and oxygen atoms in total. The molecule has 64 valence electrons. The number of benzene rings is 1. The van der Waals surface area contributed by atoms with E-state index in [4.69, 9.17) is 10.8 Å². The topological polar surface area (TPSA) is 63.3 Å². The molecule has 1 amide bonds. The summed E-state index contributed by atoms with van der Waals surface area (Å²) in [6.07, 6.45) is 0. The number of amides is 1. The molecule has 0 bridgehead atoms. The lowest BCUT2D eigenvalue weighted by atomic mass is 10.2. The average Bonchev–Trinajstić information content (AvgIpc) is 1.82. The summed E-state index contributed by atoms with van der Waals surface area (Å²) in [6.45, 7) is 0. The zero-order valence-corrected chi connectivity index (χ0v) is 7.43. The van der Waals surface area contributed by atoms with Crippen molar-refractivity contribution < 1.29 is 14.3 Å². The number of nitrogens with two attached hydrogens (primary N) is 1. The molecule has 1 rings (SSSR count). The van der Waals surface area contributed by atoms with Crippen molar-refractivity contribution in [3.8, 4) is 5.75 Å². The van der Waals surface area contributed by atoms with E-state index in [0.717, 1.165) is 6.07 Å². The van der Waals surface area contributed by atoms with Crippen LogP contribution in [0, 0.1) is 5.82 Å². The van der Waals surface area contributed by atoms with Gasteiger partial charge >= 0.3 is 0 Å². The zero-order valence-electron chi connectivity index (χ0n) is 5.84. The fraction of sp³-hybridized carbons (Fsp3) is 0. The van der Waals surface area contributed by atoms with Crippen molar-refractivity contribution in [1.29, 1.82) is 0 Å². The van der Waals surface area contributed by atoms with Gasteiger partial charge in [-0.05, 0) is 22.0 Å². The first kappa shape index (κ1) is 8.99. The molecule has 0 radical (unpaired) electrons. The highest BCUT2D eigenvalue weighted by molar-refractivity contribution is 9.10. The van der Waals surface area contributed by atoms with E-state index in [1.807, 2.05) is 0 Å². The molecule has 0 fully saturated rings. The summed E-state index contributed by atoms with van der Waals surface area (Å²) in [7, 11) is 0. The van der Waals surface area contributed by atoms with Crippen molar-refractivity contribution in [2.24, 2.45) is 5.73 Å². The van der Waals surface area contributed by atoms with Crippen molar-refractivity contribution in [2.45, 2.75) is 0 Å². The SMILES string of the molecule is NC(=O)c1c(F)cc(O)cc1Br. The van der Waals surface area contributed by atoms with E-state index >= 15 is 0 Å². The first-order valence-electron chi connectivity index (χ1n) is 3.00. The van der Waals surface area contributed by atoms with Crippen LogP contribution in [-0.4, -0.2) is 11.0 Å². The number of primary amides is 1. The summed E-state index contributed by atoms with van der Waals surface area (Å²) in [5.41, 5.74) is 4.62. The average molecular weight is 234 g/mol. The highest BCUT2D eigenvalue weighted by Crippen LogP contribution is 2.24. The molecule has 0 saturated heterocycles. The molecular formula is C7H5BrFNO2. The molecule has 0 aliphatic carbocycles. The number of carbonyl (C=O) groups is 1. The molecule has 0 aliphatic heterocycles. The third-order valence-corrected chi connectivity index (χ3v) is 1.90. The molecule has 5 heteroatoms. The second-order valence-corrected chi connectivity index (χ2v) is 3.00. The molecule has 1 aromatic rings. The Morgan fingerprint density at radius 1 is 1.58 bits per heavy atom. The lowest BCUT2D eigenvalue weighted by molar-refractivity contribution is 0.0995. The van der Waals surface area contributed by atoms with Gasteiger partial charge in [0.2, 0.25) is 0 Å². The minimum Gasteiger partial charge on any atom is -0.508 e. The summed E-state index contributed by atoms with van der Waals surface area (Å²) in [5.74, 6) is -1.97. The van der Waals surface area contributed by atoms with Gasteiger partial charge in [-0.15, -0.1) is 0 Å². The number of carbonyl (C=O) groups excluding carboxylic acids is 1. The Hall–Kier alpha value is -1.10. The maximum absolute atomic E-state index is 12.9. The molecule has 12 heavy (non-hydrogen) atoms. The van der Waals surface area contributed by atoms with Crippen LogP contribution in [0.15, 0.2) is 16.6 Å². The van der Waals surface area contributed by atoms with E-state index in [-0.39, 0.29) is 15.8 Å². The smallest absolute Gasteiger partial charge is 0.252 e. The normalized spacial score (nSPS) is 9.83. The number of phenolic OH excluding ortho intramolecular Hbond substituents is 1. The van der Waals surface area contributed by atoms with Crippen molar-refractivity contribution in [3.05, 3.63) is 28.0 Å². The Morgan fingerprint density at radius 3 is 2.58 bits per heavy atom. The number of rotatable bonds is 1. The Bertz CT molecular complexity index is 317.